The molecule has 0 bridgehead atoms. The largest absolute Gasteiger partial charge is 0.310 e. The van der Waals surface area contributed by atoms with E-state index in [0.29, 0.717) is 0 Å². The zero-order chi connectivity index (χ0) is 17.8. The second kappa shape index (κ2) is 7.59. The molecule has 4 aromatic carbocycles. The number of para-hydroxylation sites is 3. The molecule has 0 aromatic heterocycles. The van der Waals surface area contributed by atoms with Gasteiger partial charge in [0.2, 0.25) is 0 Å². The van der Waals surface area contributed by atoms with Crippen molar-refractivity contribution in [1.82, 2.24) is 0 Å². The van der Waals surface area contributed by atoms with Crippen LogP contribution in [-0.4, -0.2) is 0 Å². The fourth-order valence-electron chi connectivity index (χ4n) is 3.16. The lowest BCUT2D eigenvalue weighted by Crippen LogP contribution is -2.10. The maximum atomic E-state index is 3.71. The zero-order valence-electron chi connectivity index (χ0n) is 14.2. The molecule has 0 aliphatic rings. The Bertz CT molecular complexity index is 957. The molecule has 1 nitrogen and oxygen atoms in total. The average molecular weight is 400 g/mol. The second-order valence-corrected chi connectivity index (χ2v) is 6.86. The summed E-state index contributed by atoms with van der Waals surface area (Å²) in [4.78, 5) is 2.30. The highest BCUT2D eigenvalue weighted by Gasteiger charge is 2.17. The van der Waals surface area contributed by atoms with E-state index in [0.717, 1.165) is 21.5 Å². The van der Waals surface area contributed by atoms with Gasteiger partial charge in [0.1, 0.15) is 0 Å². The normalized spacial score (nSPS) is 10.5. The van der Waals surface area contributed by atoms with E-state index in [9.17, 15) is 0 Å². The molecule has 4 aromatic rings. The van der Waals surface area contributed by atoms with Crippen LogP contribution in [0.4, 0.5) is 17.1 Å². The number of halogens is 1. The first-order valence-corrected chi connectivity index (χ1v) is 9.38. The summed E-state index contributed by atoms with van der Waals surface area (Å²) in [5, 5.41) is 0. The Morgan fingerprint density at radius 2 is 0.923 bits per heavy atom. The highest BCUT2D eigenvalue weighted by molar-refractivity contribution is 9.10. The molecule has 0 unspecified atom stereocenters. The number of nitrogens with zero attached hydrogens (tertiary/aromatic N) is 1. The van der Waals surface area contributed by atoms with Crippen LogP contribution in [0.15, 0.2) is 114 Å². The van der Waals surface area contributed by atoms with Crippen molar-refractivity contribution in [2.45, 2.75) is 0 Å². The number of benzene rings is 4. The third-order valence-electron chi connectivity index (χ3n) is 4.34. The maximum absolute atomic E-state index is 3.71. The van der Waals surface area contributed by atoms with Crippen LogP contribution in [-0.2, 0) is 0 Å². The summed E-state index contributed by atoms with van der Waals surface area (Å²) < 4.78 is 1.09. The predicted molar refractivity (Wildman–Crippen MR) is 114 cm³/mol. The number of rotatable bonds is 4. The summed E-state index contributed by atoms with van der Waals surface area (Å²) in [6, 6.07) is 37.9. The van der Waals surface area contributed by atoms with Crippen molar-refractivity contribution in [3.63, 3.8) is 0 Å². The van der Waals surface area contributed by atoms with Gasteiger partial charge in [0.15, 0.2) is 0 Å². The van der Waals surface area contributed by atoms with Crippen molar-refractivity contribution in [1.29, 1.82) is 0 Å². The van der Waals surface area contributed by atoms with Gasteiger partial charge in [0, 0.05) is 21.4 Å². The fourth-order valence-corrected chi connectivity index (χ4v) is 3.66. The van der Waals surface area contributed by atoms with Gasteiger partial charge in [-0.1, -0.05) is 88.7 Å². The maximum Gasteiger partial charge on any atom is 0.0540 e. The van der Waals surface area contributed by atoms with E-state index in [-0.39, 0.29) is 0 Å². The standard InChI is InChI=1S/C24H18BrN/c25-23-17-9-7-15-21(23)22-16-8-10-18-24(22)26(19-11-3-1-4-12-19)20-13-5-2-6-14-20/h1-18H. The van der Waals surface area contributed by atoms with Gasteiger partial charge in [-0.3, -0.25) is 0 Å². The average Bonchev–Trinajstić information content (AvgIpc) is 2.71. The van der Waals surface area contributed by atoms with Crippen molar-refractivity contribution >= 4 is 33.0 Å². The highest BCUT2D eigenvalue weighted by atomic mass is 79.9. The van der Waals surface area contributed by atoms with E-state index in [1.165, 1.54) is 11.1 Å². The number of hydrogen-bond donors (Lipinski definition) is 0. The molecule has 2 heteroatoms. The Morgan fingerprint density at radius 3 is 1.50 bits per heavy atom. The summed E-state index contributed by atoms with van der Waals surface area (Å²) in [6.07, 6.45) is 0. The molecule has 0 radical (unpaired) electrons. The van der Waals surface area contributed by atoms with E-state index in [2.05, 4.69) is 112 Å². The molecule has 0 amide bonds. The van der Waals surface area contributed by atoms with Gasteiger partial charge in [0.25, 0.3) is 0 Å². The summed E-state index contributed by atoms with van der Waals surface area (Å²) in [7, 11) is 0. The molecule has 26 heavy (non-hydrogen) atoms. The Labute approximate surface area is 162 Å². The Hall–Kier alpha value is -2.84. The molecule has 0 aliphatic carbocycles. The zero-order valence-corrected chi connectivity index (χ0v) is 15.8. The molecule has 4 rings (SSSR count). The minimum atomic E-state index is 1.09. The molecule has 126 valence electrons. The molecular formula is C24H18BrN. The second-order valence-electron chi connectivity index (χ2n) is 6.00. The van der Waals surface area contributed by atoms with Crippen molar-refractivity contribution in [3.05, 3.63) is 114 Å². The Morgan fingerprint density at radius 1 is 0.462 bits per heavy atom. The van der Waals surface area contributed by atoms with E-state index >= 15 is 0 Å². The smallest absolute Gasteiger partial charge is 0.0540 e. The molecule has 0 spiro atoms. The molecule has 0 heterocycles. The quantitative estimate of drug-likeness (QED) is 0.341. The molecule has 0 saturated carbocycles. The van der Waals surface area contributed by atoms with Crippen molar-refractivity contribution in [3.8, 4) is 11.1 Å². The van der Waals surface area contributed by atoms with E-state index < -0.39 is 0 Å². The van der Waals surface area contributed by atoms with Gasteiger partial charge in [-0.25, -0.2) is 0 Å². The van der Waals surface area contributed by atoms with Gasteiger partial charge in [-0.05, 0) is 42.0 Å². The topological polar surface area (TPSA) is 3.24 Å². The van der Waals surface area contributed by atoms with Crippen LogP contribution < -0.4 is 4.90 Å². The Balaban J connectivity index is 1.95. The number of anilines is 3. The summed E-state index contributed by atoms with van der Waals surface area (Å²) in [5.74, 6) is 0. The van der Waals surface area contributed by atoms with Crippen LogP contribution in [0, 0.1) is 0 Å². The minimum absolute atomic E-state index is 1.09. The van der Waals surface area contributed by atoms with Crippen LogP contribution in [0.3, 0.4) is 0 Å². The van der Waals surface area contributed by atoms with Crippen molar-refractivity contribution in [2.24, 2.45) is 0 Å². The third-order valence-corrected chi connectivity index (χ3v) is 5.03. The number of hydrogen-bond acceptors (Lipinski definition) is 1. The predicted octanol–water partition coefficient (Wildman–Crippen LogP) is 7.59. The first kappa shape index (κ1) is 16.6. The lowest BCUT2D eigenvalue weighted by atomic mass is 10.0. The molecule has 0 saturated heterocycles. The van der Waals surface area contributed by atoms with Gasteiger partial charge < -0.3 is 4.90 Å². The van der Waals surface area contributed by atoms with Crippen molar-refractivity contribution < 1.29 is 0 Å². The van der Waals surface area contributed by atoms with Crippen LogP contribution in [0.5, 0.6) is 0 Å². The minimum Gasteiger partial charge on any atom is -0.310 e. The SMILES string of the molecule is Brc1ccccc1-c1ccccc1N(c1ccccc1)c1ccccc1. The van der Waals surface area contributed by atoms with Crippen LogP contribution in [0.2, 0.25) is 0 Å². The first-order valence-electron chi connectivity index (χ1n) is 8.59. The molecule has 0 fully saturated rings. The van der Waals surface area contributed by atoms with Crippen molar-refractivity contribution in [2.75, 3.05) is 4.90 Å². The molecule has 0 atom stereocenters. The Kier molecular flexibility index (Phi) is 4.85. The van der Waals surface area contributed by atoms with Gasteiger partial charge >= 0.3 is 0 Å². The lowest BCUT2D eigenvalue weighted by molar-refractivity contribution is 1.28. The van der Waals surface area contributed by atoms with E-state index in [1.807, 2.05) is 18.2 Å². The van der Waals surface area contributed by atoms with Gasteiger partial charge in [0.05, 0.1) is 5.69 Å². The van der Waals surface area contributed by atoms with Gasteiger partial charge in [-0.15, -0.1) is 0 Å². The molecular weight excluding hydrogens is 382 g/mol. The van der Waals surface area contributed by atoms with Crippen LogP contribution in [0.1, 0.15) is 0 Å². The molecule has 0 N–H and O–H groups in total. The summed E-state index contributed by atoms with van der Waals surface area (Å²) >= 11 is 3.71. The highest BCUT2D eigenvalue weighted by Crippen LogP contribution is 2.42. The monoisotopic (exact) mass is 399 g/mol. The third kappa shape index (κ3) is 3.29. The first-order chi connectivity index (χ1) is 12.8. The molecule has 0 aliphatic heterocycles. The summed E-state index contributed by atoms with van der Waals surface area (Å²) in [6.45, 7) is 0. The lowest BCUT2D eigenvalue weighted by Gasteiger charge is -2.28. The van der Waals surface area contributed by atoms with Crippen LogP contribution >= 0.6 is 15.9 Å². The van der Waals surface area contributed by atoms with Crippen LogP contribution in [0.25, 0.3) is 11.1 Å². The summed E-state index contributed by atoms with van der Waals surface area (Å²) in [5.41, 5.74) is 5.79. The van der Waals surface area contributed by atoms with E-state index in [4.69, 9.17) is 0 Å². The van der Waals surface area contributed by atoms with Gasteiger partial charge in [-0.2, -0.15) is 0 Å². The fraction of sp³-hybridized carbons (Fsp3) is 0. The van der Waals surface area contributed by atoms with E-state index in [1.54, 1.807) is 0 Å².